The van der Waals surface area contributed by atoms with E-state index in [0.717, 1.165) is 0 Å². The van der Waals surface area contributed by atoms with Gasteiger partial charge in [-0.15, -0.1) is 0 Å². The molecule has 0 unspecified atom stereocenters. The van der Waals surface area contributed by atoms with Gasteiger partial charge in [0.2, 0.25) is 0 Å². The van der Waals surface area contributed by atoms with E-state index in [0.29, 0.717) is 23.9 Å². The summed E-state index contributed by atoms with van der Waals surface area (Å²) in [4.78, 5) is 8.31. The van der Waals surface area contributed by atoms with Gasteiger partial charge in [0.25, 0.3) is 0 Å². The number of benzene rings is 2. The third kappa shape index (κ3) is 3.83. The summed E-state index contributed by atoms with van der Waals surface area (Å²) >= 11 is 0. The molecule has 4 nitrogen and oxygen atoms in total. The highest BCUT2D eigenvalue weighted by Crippen LogP contribution is 2.19. The van der Waals surface area contributed by atoms with Gasteiger partial charge in [0.05, 0.1) is 5.69 Å². The maximum absolute atomic E-state index is 13.7. The molecule has 0 spiro atoms. The van der Waals surface area contributed by atoms with Crippen molar-refractivity contribution in [2.24, 2.45) is 0 Å². The minimum absolute atomic E-state index is 0.319. The fourth-order valence-corrected chi connectivity index (χ4v) is 2.22. The van der Waals surface area contributed by atoms with Crippen molar-refractivity contribution in [3.63, 3.8) is 0 Å². The van der Waals surface area contributed by atoms with Crippen molar-refractivity contribution in [1.29, 1.82) is 0 Å². The zero-order valence-electron chi connectivity index (χ0n) is 12.8. The van der Waals surface area contributed by atoms with Crippen LogP contribution in [0.1, 0.15) is 11.1 Å². The molecule has 1 aromatic heterocycles. The average molecular weight is 308 g/mol. The molecule has 0 saturated carbocycles. The molecule has 0 bridgehead atoms. The largest absolute Gasteiger partial charge is 0.366 e. The zero-order chi connectivity index (χ0) is 16.1. The molecule has 0 aliphatic heterocycles. The molecular formula is C18H17FN4. The van der Waals surface area contributed by atoms with Crippen molar-refractivity contribution in [2.45, 2.75) is 13.5 Å². The molecule has 0 aliphatic carbocycles. The minimum Gasteiger partial charge on any atom is -0.366 e. The van der Waals surface area contributed by atoms with Crippen LogP contribution >= 0.6 is 0 Å². The number of nitrogens with zero attached hydrogens (tertiary/aromatic N) is 2. The Morgan fingerprint density at radius 3 is 2.52 bits per heavy atom. The molecule has 0 amide bonds. The topological polar surface area (TPSA) is 49.8 Å². The fraction of sp³-hybridized carbons (Fsp3) is 0.111. The van der Waals surface area contributed by atoms with Gasteiger partial charge >= 0.3 is 0 Å². The molecule has 2 N–H and O–H groups in total. The lowest BCUT2D eigenvalue weighted by molar-refractivity contribution is 0.632. The van der Waals surface area contributed by atoms with Crippen molar-refractivity contribution in [3.05, 3.63) is 77.9 Å². The van der Waals surface area contributed by atoms with E-state index in [9.17, 15) is 4.39 Å². The van der Waals surface area contributed by atoms with Crippen molar-refractivity contribution < 1.29 is 4.39 Å². The Labute approximate surface area is 134 Å². The lowest BCUT2D eigenvalue weighted by atomic mass is 10.1. The monoisotopic (exact) mass is 308 g/mol. The van der Waals surface area contributed by atoms with Gasteiger partial charge in [-0.1, -0.05) is 36.4 Å². The standard InChI is InChI=1S/C18H17FN4/c1-13-6-2-3-7-14(13)11-20-17-10-18(22-12-21-17)23-16-9-5-4-8-15(16)19/h2-10,12H,11H2,1H3,(H2,20,21,22,23). The highest BCUT2D eigenvalue weighted by molar-refractivity contribution is 5.59. The quantitative estimate of drug-likeness (QED) is 0.738. The molecule has 116 valence electrons. The van der Waals surface area contributed by atoms with Crippen molar-refractivity contribution in [1.82, 2.24) is 9.97 Å². The van der Waals surface area contributed by atoms with E-state index in [1.54, 1.807) is 24.3 Å². The van der Waals surface area contributed by atoms with Crippen molar-refractivity contribution in [2.75, 3.05) is 10.6 Å². The Kier molecular flexibility index (Phi) is 4.47. The number of aryl methyl sites for hydroxylation is 1. The molecule has 2 aromatic carbocycles. The first kappa shape index (κ1) is 15.0. The molecule has 0 atom stereocenters. The van der Waals surface area contributed by atoms with Crippen LogP contribution in [-0.4, -0.2) is 9.97 Å². The number of para-hydroxylation sites is 1. The van der Waals surface area contributed by atoms with Crippen LogP contribution < -0.4 is 10.6 Å². The van der Waals surface area contributed by atoms with Gasteiger partial charge in [0, 0.05) is 12.6 Å². The van der Waals surface area contributed by atoms with Crippen LogP contribution in [-0.2, 0) is 6.54 Å². The predicted molar refractivity (Wildman–Crippen MR) is 90.2 cm³/mol. The smallest absolute Gasteiger partial charge is 0.146 e. The molecule has 23 heavy (non-hydrogen) atoms. The first-order chi connectivity index (χ1) is 11.2. The summed E-state index contributed by atoms with van der Waals surface area (Å²) < 4.78 is 13.7. The van der Waals surface area contributed by atoms with E-state index >= 15 is 0 Å². The zero-order valence-corrected chi connectivity index (χ0v) is 12.8. The molecule has 0 aliphatic rings. The summed E-state index contributed by atoms with van der Waals surface area (Å²) in [7, 11) is 0. The Morgan fingerprint density at radius 1 is 0.957 bits per heavy atom. The Hall–Kier alpha value is -2.95. The summed E-state index contributed by atoms with van der Waals surface area (Å²) in [6, 6.07) is 16.4. The predicted octanol–water partition coefficient (Wildman–Crippen LogP) is 4.28. The third-order valence-corrected chi connectivity index (χ3v) is 3.52. The van der Waals surface area contributed by atoms with Crippen LogP contribution in [0.5, 0.6) is 0 Å². The molecule has 5 heteroatoms. The highest BCUT2D eigenvalue weighted by Gasteiger charge is 2.04. The van der Waals surface area contributed by atoms with Crippen molar-refractivity contribution >= 4 is 17.3 Å². The van der Waals surface area contributed by atoms with Crippen LogP contribution in [0.3, 0.4) is 0 Å². The lowest BCUT2D eigenvalue weighted by Gasteiger charge is -2.10. The maximum atomic E-state index is 13.7. The normalized spacial score (nSPS) is 10.3. The van der Waals surface area contributed by atoms with Gasteiger partial charge in [0.1, 0.15) is 23.8 Å². The summed E-state index contributed by atoms with van der Waals surface area (Å²) in [5.41, 5.74) is 2.81. The Balaban J connectivity index is 1.70. The number of hydrogen-bond acceptors (Lipinski definition) is 4. The molecule has 0 saturated heterocycles. The second-order valence-electron chi connectivity index (χ2n) is 5.17. The number of nitrogens with one attached hydrogen (secondary N) is 2. The summed E-state index contributed by atoms with van der Waals surface area (Å²) in [6.07, 6.45) is 1.45. The van der Waals surface area contributed by atoms with E-state index in [-0.39, 0.29) is 5.82 Å². The van der Waals surface area contributed by atoms with E-state index in [4.69, 9.17) is 0 Å². The Bertz CT molecular complexity index is 804. The minimum atomic E-state index is -0.319. The van der Waals surface area contributed by atoms with Crippen molar-refractivity contribution in [3.8, 4) is 0 Å². The van der Waals surface area contributed by atoms with E-state index < -0.39 is 0 Å². The summed E-state index contributed by atoms with van der Waals surface area (Å²) in [5, 5.41) is 6.21. The van der Waals surface area contributed by atoms with Crippen LogP contribution in [0, 0.1) is 12.7 Å². The van der Waals surface area contributed by atoms with Gasteiger partial charge in [-0.05, 0) is 30.2 Å². The second-order valence-corrected chi connectivity index (χ2v) is 5.17. The van der Waals surface area contributed by atoms with E-state index in [1.165, 1.54) is 23.5 Å². The molecule has 3 rings (SSSR count). The lowest BCUT2D eigenvalue weighted by Crippen LogP contribution is -2.04. The van der Waals surface area contributed by atoms with E-state index in [2.05, 4.69) is 39.7 Å². The number of rotatable bonds is 5. The molecule has 0 radical (unpaired) electrons. The van der Waals surface area contributed by atoms with Crippen LogP contribution in [0.2, 0.25) is 0 Å². The van der Waals surface area contributed by atoms with Gasteiger partial charge < -0.3 is 10.6 Å². The van der Waals surface area contributed by atoms with Crippen LogP contribution in [0.15, 0.2) is 60.9 Å². The second kappa shape index (κ2) is 6.87. The number of halogens is 1. The van der Waals surface area contributed by atoms with Crippen LogP contribution in [0.25, 0.3) is 0 Å². The fourth-order valence-electron chi connectivity index (χ4n) is 2.22. The average Bonchev–Trinajstić information content (AvgIpc) is 2.57. The number of aromatic nitrogens is 2. The summed E-state index contributed by atoms with van der Waals surface area (Å²) in [5.74, 6) is 0.903. The highest BCUT2D eigenvalue weighted by atomic mass is 19.1. The van der Waals surface area contributed by atoms with Gasteiger partial charge in [0.15, 0.2) is 0 Å². The van der Waals surface area contributed by atoms with Gasteiger partial charge in [-0.2, -0.15) is 0 Å². The van der Waals surface area contributed by atoms with Gasteiger partial charge in [-0.25, -0.2) is 14.4 Å². The molecule has 1 heterocycles. The number of anilines is 3. The molecule has 3 aromatic rings. The maximum Gasteiger partial charge on any atom is 0.146 e. The Morgan fingerprint density at radius 2 is 1.70 bits per heavy atom. The third-order valence-electron chi connectivity index (χ3n) is 3.52. The molecular weight excluding hydrogens is 291 g/mol. The summed E-state index contributed by atoms with van der Waals surface area (Å²) in [6.45, 7) is 2.74. The van der Waals surface area contributed by atoms with Crippen LogP contribution in [0.4, 0.5) is 21.7 Å². The molecule has 0 fully saturated rings. The first-order valence-electron chi connectivity index (χ1n) is 7.34. The van der Waals surface area contributed by atoms with Gasteiger partial charge in [-0.3, -0.25) is 0 Å². The number of hydrogen-bond donors (Lipinski definition) is 2. The first-order valence-corrected chi connectivity index (χ1v) is 7.34. The van der Waals surface area contributed by atoms with E-state index in [1.807, 2.05) is 12.1 Å². The SMILES string of the molecule is Cc1ccccc1CNc1cc(Nc2ccccc2F)ncn1.